The second-order valence-corrected chi connectivity index (χ2v) is 7.16. The molecule has 0 saturated carbocycles. The van der Waals surface area contributed by atoms with Gasteiger partial charge in [-0.15, -0.1) is 0 Å². The quantitative estimate of drug-likeness (QED) is 0.335. The number of carbonyl (C=O) groups excluding carboxylic acids is 1. The molecule has 0 bridgehead atoms. The Labute approximate surface area is 172 Å². The van der Waals surface area contributed by atoms with Crippen LogP contribution in [-0.2, 0) is 9.47 Å². The summed E-state index contributed by atoms with van der Waals surface area (Å²) in [4.78, 5) is 41.7. The maximum atomic E-state index is 12.9. The van der Waals surface area contributed by atoms with Crippen LogP contribution >= 0.6 is 0 Å². The highest BCUT2D eigenvalue weighted by atomic mass is 16.6. The average molecular weight is 413 g/mol. The number of nitrogens with zero attached hydrogens (tertiary/aromatic N) is 4. The lowest BCUT2D eigenvalue weighted by Crippen LogP contribution is -2.33. The minimum absolute atomic E-state index is 0.268. The van der Waals surface area contributed by atoms with Gasteiger partial charge in [-0.25, -0.2) is 9.59 Å². The van der Waals surface area contributed by atoms with Gasteiger partial charge in [-0.3, -0.25) is 14.3 Å². The molecular formula is C20H23N5O5. The predicted molar refractivity (Wildman–Crippen MR) is 108 cm³/mol. The van der Waals surface area contributed by atoms with Crippen LogP contribution in [0.5, 0.6) is 0 Å². The Kier molecular flexibility index (Phi) is 6.39. The molecule has 3 rings (SSSR count). The smallest absolute Gasteiger partial charge is 0.338 e. The monoisotopic (exact) mass is 413 g/mol. The SMILES string of the molecule is CC[C@H]1O[C@@H](n2cc(C)c(=O)[nH]c2=O)C[C@H]1OC(=O)c1ccccc1C(C)N=[N+]=[N-]. The van der Waals surface area contributed by atoms with E-state index < -0.39 is 41.7 Å². The lowest BCUT2D eigenvalue weighted by Gasteiger charge is -2.18. The number of esters is 1. The number of aryl methyl sites for hydroxylation is 1. The molecule has 2 aromatic rings. The molecule has 1 fully saturated rings. The first-order valence-corrected chi connectivity index (χ1v) is 9.67. The molecule has 1 aromatic heterocycles. The number of nitrogens with one attached hydrogen (secondary N) is 1. The summed E-state index contributed by atoms with van der Waals surface area (Å²) in [5.74, 6) is -0.553. The van der Waals surface area contributed by atoms with Gasteiger partial charge >= 0.3 is 11.7 Å². The van der Waals surface area contributed by atoms with Crippen LogP contribution < -0.4 is 11.2 Å². The van der Waals surface area contributed by atoms with Crippen LogP contribution in [0.1, 0.15) is 60.4 Å². The molecule has 0 amide bonds. The molecule has 10 nitrogen and oxygen atoms in total. The number of H-pyrrole nitrogens is 1. The molecule has 0 spiro atoms. The van der Waals surface area contributed by atoms with E-state index in [9.17, 15) is 14.4 Å². The number of aromatic nitrogens is 2. The van der Waals surface area contributed by atoms with Gasteiger partial charge in [0, 0.05) is 23.1 Å². The number of aromatic amines is 1. The van der Waals surface area contributed by atoms with Crippen LogP contribution in [0.4, 0.5) is 0 Å². The fraction of sp³-hybridized carbons (Fsp3) is 0.450. The van der Waals surface area contributed by atoms with Gasteiger partial charge in [-0.2, -0.15) is 0 Å². The van der Waals surface area contributed by atoms with Crippen molar-refractivity contribution < 1.29 is 14.3 Å². The second-order valence-electron chi connectivity index (χ2n) is 7.16. The lowest BCUT2D eigenvalue weighted by atomic mass is 10.0. The van der Waals surface area contributed by atoms with E-state index in [1.54, 1.807) is 38.1 Å². The molecule has 1 N–H and O–H groups in total. The van der Waals surface area contributed by atoms with Crippen LogP contribution in [0.25, 0.3) is 10.4 Å². The van der Waals surface area contributed by atoms with Crippen molar-refractivity contribution in [2.75, 3.05) is 0 Å². The fourth-order valence-electron chi connectivity index (χ4n) is 3.55. The number of azide groups is 1. The molecule has 158 valence electrons. The molecule has 1 aliphatic rings. The highest BCUT2D eigenvalue weighted by Gasteiger charge is 2.38. The number of rotatable bonds is 6. The third-order valence-corrected chi connectivity index (χ3v) is 5.15. The number of carbonyl (C=O) groups is 1. The summed E-state index contributed by atoms with van der Waals surface area (Å²) in [5.41, 5.74) is 8.93. The Balaban J connectivity index is 1.83. The minimum Gasteiger partial charge on any atom is -0.456 e. The van der Waals surface area contributed by atoms with Gasteiger partial charge in [0.15, 0.2) is 0 Å². The summed E-state index contributed by atoms with van der Waals surface area (Å²) < 4.78 is 13.0. The van der Waals surface area contributed by atoms with Crippen molar-refractivity contribution in [1.29, 1.82) is 0 Å². The van der Waals surface area contributed by atoms with E-state index in [1.807, 2.05) is 6.92 Å². The zero-order valence-electron chi connectivity index (χ0n) is 16.9. The number of hydrogen-bond donors (Lipinski definition) is 1. The minimum atomic E-state index is -0.659. The molecule has 0 radical (unpaired) electrons. The van der Waals surface area contributed by atoms with Crippen molar-refractivity contribution in [3.63, 3.8) is 0 Å². The predicted octanol–water partition coefficient (Wildman–Crippen LogP) is 3.14. The van der Waals surface area contributed by atoms with Gasteiger partial charge in [-0.1, -0.05) is 37.2 Å². The molecule has 4 atom stereocenters. The summed E-state index contributed by atoms with van der Waals surface area (Å²) >= 11 is 0. The van der Waals surface area contributed by atoms with Gasteiger partial charge < -0.3 is 9.47 Å². The van der Waals surface area contributed by atoms with Crippen LogP contribution in [0.15, 0.2) is 45.2 Å². The van der Waals surface area contributed by atoms with Gasteiger partial charge in [0.25, 0.3) is 5.56 Å². The summed E-state index contributed by atoms with van der Waals surface area (Å²) in [6.45, 7) is 5.19. The summed E-state index contributed by atoms with van der Waals surface area (Å²) in [7, 11) is 0. The Morgan fingerprint density at radius 2 is 2.17 bits per heavy atom. The zero-order valence-corrected chi connectivity index (χ0v) is 16.9. The van der Waals surface area contributed by atoms with Crippen LogP contribution in [0, 0.1) is 6.92 Å². The van der Waals surface area contributed by atoms with Crippen molar-refractivity contribution in [3.05, 3.63) is 78.4 Å². The summed E-state index contributed by atoms with van der Waals surface area (Å²) in [6, 6.07) is 6.26. The number of hydrogen-bond acceptors (Lipinski definition) is 6. The van der Waals surface area contributed by atoms with E-state index in [0.29, 0.717) is 23.1 Å². The third-order valence-electron chi connectivity index (χ3n) is 5.15. The number of benzene rings is 1. The first-order chi connectivity index (χ1) is 14.3. The highest BCUT2D eigenvalue weighted by molar-refractivity contribution is 5.91. The Morgan fingerprint density at radius 3 is 2.87 bits per heavy atom. The van der Waals surface area contributed by atoms with Crippen molar-refractivity contribution in [1.82, 2.24) is 9.55 Å². The zero-order chi connectivity index (χ0) is 21.8. The van der Waals surface area contributed by atoms with Crippen molar-refractivity contribution >= 4 is 5.97 Å². The van der Waals surface area contributed by atoms with E-state index in [0.717, 1.165) is 0 Å². The van der Waals surface area contributed by atoms with Gasteiger partial charge in [0.2, 0.25) is 0 Å². The molecule has 1 saturated heterocycles. The van der Waals surface area contributed by atoms with E-state index in [1.165, 1.54) is 10.8 Å². The van der Waals surface area contributed by atoms with Gasteiger partial charge in [-0.05, 0) is 30.5 Å². The maximum absolute atomic E-state index is 12.9. The molecule has 0 aliphatic carbocycles. The van der Waals surface area contributed by atoms with E-state index in [-0.39, 0.29) is 6.42 Å². The third kappa shape index (κ3) is 4.29. The molecule has 10 heteroatoms. The van der Waals surface area contributed by atoms with Crippen molar-refractivity contribution in [2.24, 2.45) is 5.11 Å². The normalized spacial score (nSPS) is 21.6. The molecule has 1 unspecified atom stereocenters. The Hall–Kier alpha value is -3.36. The molecular weight excluding hydrogens is 390 g/mol. The molecule has 2 heterocycles. The van der Waals surface area contributed by atoms with E-state index in [2.05, 4.69) is 15.0 Å². The van der Waals surface area contributed by atoms with Crippen molar-refractivity contribution in [2.45, 2.75) is 58.1 Å². The Morgan fingerprint density at radius 1 is 1.43 bits per heavy atom. The average Bonchev–Trinajstić information content (AvgIpc) is 3.13. The number of ether oxygens (including phenoxy) is 2. The summed E-state index contributed by atoms with van der Waals surface area (Å²) in [5, 5.41) is 3.66. The van der Waals surface area contributed by atoms with Gasteiger partial charge in [0.1, 0.15) is 12.3 Å². The van der Waals surface area contributed by atoms with Gasteiger partial charge in [0.05, 0.1) is 17.7 Å². The van der Waals surface area contributed by atoms with Crippen LogP contribution in [-0.4, -0.2) is 27.7 Å². The molecule has 1 aliphatic heterocycles. The van der Waals surface area contributed by atoms with E-state index in [4.69, 9.17) is 15.0 Å². The standard InChI is InChI=1S/C20H23N5O5/c1-4-15-16(9-17(29-15)25-10-11(2)18(26)22-20(25)28)30-19(27)14-8-6-5-7-13(14)12(3)23-24-21/h5-8,10,12,15-17H,4,9H2,1-3H3,(H,22,26,28)/t12?,15-,16-,17-/m1/s1. The molecule has 30 heavy (non-hydrogen) atoms. The lowest BCUT2D eigenvalue weighted by molar-refractivity contribution is -0.0310. The maximum Gasteiger partial charge on any atom is 0.338 e. The van der Waals surface area contributed by atoms with Crippen molar-refractivity contribution in [3.8, 4) is 0 Å². The van der Waals surface area contributed by atoms with Crippen LogP contribution in [0.3, 0.4) is 0 Å². The second kappa shape index (κ2) is 8.98. The first-order valence-electron chi connectivity index (χ1n) is 9.67. The topological polar surface area (TPSA) is 139 Å². The van der Waals surface area contributed by atoms with Crippen LogP contribution in [0.2, 0.25) is 0 Å². The highest BCUT2D eigenvalue weighted by Crippen LogP contribution is 2.32. The Bertz CT molecular complexity index is 1100. The summed E-state index contributed by atoms with van der Waals surface area (Å²) in [6.07, 6.45) is 0.647. The van der Waals surface area contributed by atoms with E-state index >= 15 is 0 Å². The first kappa shape index (κ1) is 21.4. The largest absolute Gasteiger partial charge is 0.456 e. The molecule has 1 aromatic carbocycles. The fourth-order valence-corrected chi connectivity index (χ4v) is 3.55.